The number of halogens is 4. The Morgan fingerprint density at radius 1 is 1.19 bits per heavy atom. The largest absolute Gasteiger partial charge is 0.682 e. The number of thioether (sulfide) groups is 1. The van der Waals surface area contributed by atoms with Crippen LogP contribution in [-0.2, 0) is 4.74 Å². The number of nitrogens with two attached hydrogens (primary N) is 1. The average molecular weight is 535 g/mol. The highest BCUT2D eigenvalue weighted by atomic mass is 79.9. The van der Waals surface area contributed by atoms with Gasteiger partial charge in [-0.2, -0.15) is 6.20 Å². The Hall–Kier alpha value is -1.80. The molecule has 3 rings (SSSR count). The van der Waals surface area contributed by atoms with Crippen LogP contribution >= 0.6 is 27.7 Å². The second-order valence-corrected chi connectivity index (χ2v) is 8.95. The molecule has 0 spiro atoms. The summed E-state index contributed by atoms with van der Waals surface area (Å²) in [6.45, 7) is -0.532. The maximum Gasteiger partial charge on any atom is 0.194 e. The van der Waals surface area contributed by atoms with Crippen molar-refractivity contribution in [3.63, 3.8) is 0 Å². The number of nitrogens with one attached hydrogen (secondary N) is 1. The van der Waals surface area contributed by atoms with Gasteiger partial charge in [-0.15, -0.1) is 0 Å². The molecule has 1 aliphatic heterocycles. The molecule has 7 nitrogen and oxygen atoms in total. The van der Waals surface area contributed by atoms with Gasteiger partial charge in [0.2, 0.25) is 0 Å². The normalized spacial score (nSPS) is 26.1. The lowest BCUT2D eigenvalue weighted by atomic mass is 9.97. The number of aliphatic hydroxyl groups excluding tert-OH is 3. The molecule has 5 atom stereocenters. The molecule has 0 saturated carbocycles. The summed E-state index contributed by atoms with van der Waals surface area (Å²) in [5, 5.41) is 35.0. The zero-order valence-corrected chi connectivity index (χ0v) is 18.7. The molecule has 0 radical (unpaired) electrons. The topological polar surface area (TPSA) is 122 Å². The van der Waals surface area contributed by atoms with E-state index in [9.17, 15) is 28.5 Å². The van der Waals surface area contributed by atoms with Gasteiger partial charge in [-0.25, -0.2) is 13.2 Å². The molecular weight excluding hydrogens is 515 g/mol. The fourth-order valence-corrected chi connectivity index (χ4v) is 4.75. The van der Waals surface area contributed by atoms with Crippen LogP contribution in [-0.4, -0.2) is 51.7 Å². The third-order valence-electron chi connectivity index (χ3n) is 4.72. The maximum atomic E-state index is 13.6. The van der Waals surface area contributed by atoms with Gasteiger partial charge in [-0.1, -0.05) is 39.8 Å². The number of hydrogen-bond donors (Lipinski definition) is 5. The van der Waals surface area contributed by atoms with E-state index in [2.05, 4.69) is 26.7 Å². The van der Waals surface area contributed by atoms with Crippen molar-refractivity contribution in [1.29, 1.82) is 0 Å². The van der Waals surface area contributed by atoms with Crippen LogP contribution < -0.4 is 11.3 Å². The highest BCUT2D eigenvalue weighted by Gasteiger charge is 2.40. The van der Waals surface area contributed by atoms with E-state index in [0.717, 1.165) is 27.7 Å². The minimum absolute atomic E-state index is 0.0922. The summed E-state index contributed by atoms with van der Waals surface area (Å²) in [6.07, 6.45) is -2.68. The standard InChI is InChI=1S/C20H20BrF3N3O4S/c21-10-2-1-3-11(6-10)32-20-19(30)17(18(29)15(8-28)31-20)26-7-14(27-25)9-4-12(22)16(24)13(23)5-9/h1-7,15,17-20,27-30H,8,25H2/q-1/b14-7-/t15?,17?,18-,19?,20+/m0/s1. The lowest BCUT2D eigenvalue weighted by Gasteiger charge is -2.48. The molecule has 0 amide bonds. The molecular formula is C20H20BrF3N3O4S-. The number of ether oxygens (including phenoxy) is 1. The van der Waals surface area contributed by atoms with Crippen LogP contribution in [0.15, 0.2) is 52.0 Å². The zero-order valence-electron chi connectivity index (χ0n) is 16.3. The van der Waals surface area contributed by atoms with Gasteiger partial charge in [0.1, 0.15) is 11.5 Å². The van der Waals surface area contributed by atoms with E-state index in [4.69, 9.17) is 10.6 Å². The Kier molecular flexibility index (Phi) is 8.44. The number of rotatable bonds is 7. The highest BCUT2D eigenvalue weighted by molar-refractivity contribution is 9.10. The van der Waals surface area contributed by atoms with E-state index in [1.165, 1.54) is 11.8 Å². The van der Waals surface area contributed by atoms with Crippen molar-refractivity contribution in [2.24, 2.45) is 5.84 Å². The van der Waals surface area contributed by atoms with E-state index in [-0.39, 0.29) is 11.3 Å². The molecule has 1 fully saturated rings. The van der Waals surface area contributed by atoms with E-state index in [0.29, 0.717) is 0 Å². The second-order valence-electron chi connectivity index (χ2n) is 6.86. The fraction of sp³-hybridized carbons (Fsp3) is 0.300. The lowest BCUT2D eigenvalue weighted by Crippen LogP contribution is -2.56. The molecule has 1 heterocycles. The number of hydrazine groups is 1. The first-order chi connectivity index (χ1) is 15.2. The predicted octanol–water partition coefficient (Wildman–Crippen LogP) is 2.60. The van der Waals surface area contributed by atoms with Crippen LogP contribution in [0.3, 0.4) is 0 Å². The van der Waals surface area contributed by atoms with Gasteiger partial charge < -0.3 is 30.8 Å². The third-order valence-corrected chi connectivity index (χ3v) is 6.36. The molecule has 0 aliphatic carbocycles. The smallest absolute Gasteiger partial charge is 0.194 e. The molecule has 12 heteroatoms. The van der Waals surface area contributed by atoms with E-state index >= 15 is 0 Å². The molecule has 0 aromatic heterocycles. The van der Waals surface area contributed by atoms with Crippen LogP contribution in [0.5, 0.6) is 0 Å². The number of nitrogens with zero attached hydrogens (tertiary/aromatic N) is 1. The summed E-state index contributed by atoms with van der Waals surface area (Å²) in [4.78, 5) is 0.757. The van der Waals surface area contributed by atoms with E-state index < -0.39 is 53.8 Å². The summed E-state index contributed by atoms with van der Waals surface area (Å²) < 4.78 is 46.8. The van der Waals surface area contributed by atoms with Gasteiger partial charge in [-0.05, 0) is 30.3 Å². The number of benzene rings is 2. The van der Waals surface area contributed by atoms with Crippen molar-refractivity contribution in [1.82, 2.24) is 5.43 Å². The fourth-order valence-electron chi connectivity index (χ4n) is 3.08. The Bertz CT molecular complexity index is 964. The quantitative estimate of drug-likeness (QED) is 0.210. The predicted molar refractivity (Wildman–Crippen MR) is 117 cm³/mol. The molecule has 1 aliphatic rings. The highest BCUT2D eigenvalue weighted by Crippen LogP contribution is 2.36. The molecule has 1 saturated heterocycles. The van der Waals surface area contributed by atoms with Gasteiger partial charge >= 0.3 is 0 Å². The molecule has 2 aromatic carbocycles. The van der Waals surface area contributed by atoms with Crippen LogP contribution in [0.1, 0.15) is 5.56 Å². The average Bonchev–Trinajstić information content (AvgIpc) is 2.76. The Balaban J connectivity index is 1.83. The van der Waals surface area contributed by atoms with Crippen LogP contribution in [0.25, 0.3) is 11.0 Å². The van der Waals surface area contributed by atoms with Gasteiger partial charge in [0, 0.05) is 20.6 Å². The van der Waals surface area contributed by atoms with Crippen molar-refractivity contribution in [2.45, 2.75) is 34.7 Å². The van der Waals surface area contributed by atoms with Crippen LogP contribution in [0, 0.1) is 17.5 Å². The maximum absolute atomic E-state index is 13.6. The lowest BCUT2D eigenvalue weighted by molar-refractivity contribution is -0.154. The van der Waals surface area contributed by atoms with Gasteiger partial charge in [-0.3, -0.25) is 5.84 Å². The SMILES string of the molecule is NN/C(=C\[N-]C1C(O)[C@@H](Sc2cccc(Br)c2)OC(CO)[C@@H]1O)c1cc(F)c(F)c(F)c1. The second kappa shape index (κ2) is 10.9. The van der Waals surface area contributed by atoms with Gasteiger partial charge in [0.15, 0.2) is 17.5 Å². The monoisotopic (exact) mass is 534 g/mol. The molecule has 3 unspecified atom stereocenters. The molecule has 32 heavy (non-hydrogen) atoms. The summed E-state index contributed by atoms with van der Waals surface area (Å²) in [6, 6.07) is 7.50. The molecule has 0 bridgehead atoms. The van der Waals surface area contributed by atoms with E-state index in [1.807, 2.05) is 6.07 Å². The first-order valence-electron chi connectivity index (χ1n) is 9.31. The van der Waals surface area contributed by atoms with Crippen LogP contribution in [0.4, 0.5) is 13.2 Å². The molecule has 6 N–H and O–H groups in total. The van der Waals surface area contributed by atoms with Crippen molar-refractivity contribution >= 4 is 33.4 Å². The first-order valence-corrected chi connectivity index (χ1v) is 11.0. The Labute approximate surface area is 194 Å². The summed E-state index contributed by atoms with van der Waals surface area (Å²) in [5.74, 6) is 0.944. The van der Waals surface area contributed by atoms with Crippen LogP contribution in [0.2, 0.25) is 0 Å². The Morgan fingerprint density at radius 3 is 2.47 bits per heavy atom. The van der Waals surface area contributed by atoms with Crippen molar-refractivity contribution in [3.05, 3.63) is 75.4 Å². The van der Waals surface area contributed by atoms with Crippen molar-refractivity contribution in [3.8, 4) is 0 Å². The number of aliphatic hydroxyl groups is 3. The molecule has 2 aromatic rings. The van der Waals surface area contributed by atoms with Gasteiger partial charge in [0.25, 0.3) is 0 Å². The van der Waals surface area contributed by atoms with E-state index in [1.54, 1.807) is 18.2 Å². The summed E-state index contributed by atoms with van der Waals surface area (Å²) in [7, 11) is 0. The summed E-state index contributed by atoms with van der Waals surface area (Å²) in [5.41, 5.74) is 1.09. The third kappa shape index (κ3) is 5.57. The summed E-state index contributed by atoms with van der Waals surface area (Å²) >= 11 is 4.52. The minimum Gasteiger partial charge on any atom is -0.682 e. The van der Waals surface area contributed by atoms with Gasteiger partial charge in [0.05, 0.1) is 18.8 Å². The zero-order chi connectivity index (χ0) is 23.4. The Morgan fingerprint density at radius 2 is 1.88 bits per heavy atom. The van der Waals surface area contributed by atoms with Crippen molar-refractivity contribution < 1.29 is 33.2 Å². The molecule has 174 valence electrons. The minimum atomic E-state index is -1.63. The van der Waals surface area contributed by atoms with Crippen molar-refractivity contribution in [2.75, 3.05) is 6.61 Å². The number of hydrogen-bond acceptors (Lipinski definition) is 7. The first kappa shape index (κ1) is 24.8.